The molecule has 4 N–H and O–H groups in total. The molecule has 10 nitrogen and oxygen atoms in total. The highest BCUT2D eigenvalue weighted by molar-refractivity contribution is 5.97. The fourth-order valence-corrected chi connectivity index (χ4v) is 4.92. The minimum Gasteiger partial charge on any atom is -0.396 e. The molecule has 1 aliphatic rings. The lowest BCUT2D eigenvalue weighted by Gasteiger charge is -2.44. The molecular weight excluding hydrogens is 688 g/mol. The van der Waals surface area contributed by atoms with Crippen molar-refractivity contribution in [3.8, 4) is 0 Å². The van der Waals surface area contributed by atoms with Gasteiger partial charge in [0.1, 0.15) is 35.5 Å². The lowest BCUT2D eigenvalue weighted by atomic mass is 9.85. The molecular formula is C38H54F4N2O8. The van der Waals surface area contributed by atoms with Crippen LogP contribution in [0, 0.1) is 45.9 Å². The molecule has 0 spiro atoms. The molecule has 1 heterocycles. The third-order valence-electron chi connectivity index (χ3n) is 8.31. The lowest BCUT2D eigenvalue weighted by Crippen LogP contribution is -2.56. The number of carbonyl (C=O) groups is 4. The molecule has 0 saturated carbocycles. The number of amides is 2. The highest BCUT2D eigenvalue weighted by atomic mass is 19.1. The molecule has 1 saturated heterocycles. The molecule has 0 unspecified atom stereocenters. The van der Waals surface area contributed by atoms with Gasteiger partial charge in [0.2, 0.25) is 11.8 Å². The standard InChI is InChI=1S/C20H27F2NO4.C17H23F2NO4.CH4/c1-12(8-16(24)14-9-13(21)6-7-15(14)22)10-23-18(25)17-19(2,3)11-26-20(4,5)27-17;1-10(8-20-16(24)15(23)17(2,3)9-21)6-14(22)12-7-11(18)4-5-13(12)19;/h6-7,9,12,17H,8,10-11H2,1-5H3,(H,23,25);4-5,7,10,15,21,23H,6,8-9H2,1-3H3,(H,20,24);1H4/t12-,17+;10-,15+;/m11./s1. The predicted octanol–water partition coefficient (Wildman–Crippen LogP) is 5.77. The maximum absolute atomic E-state index is 13.7. The van der Waals surface area contributed by atoms with E-state index < -0.39 is 69.6 Å². The van der Waals surface area contributed by atoms with Gasteiger partial charge in [0, 0.05) is 36.8 Å². The first-order valence-corrected chi connectivity index (χ1v) is 16.6. The Morgan fingerprint density at radius 3 is 1.73 bits per heavy atom. The number of ether oxygens (including phenoxy) is 2. The molecule has 2 aromatic carbocycles. The Kier molecular flexibility index (Phi) is 17.3. The minimum atomic E-state index is -1.40. The van der Waals surface area contributed by atoms with E-state index >= 15 is 0 Å². The molecule has 52 heavy (non-hydrogen) atoms. The smallest absolute Gasteiger partial charge is 0.249 e. The monoisotopic (exact) mass is 742 g/mol. The van der Waals surface area contributed by atoms with E-state index in [9.17, 15) is 41.8 Å². The second-order valence-corrected chi connectivity index (χ2v) is 14.9. The van der Waals surface area contributed by atoms with Gasteiger partial charge < -0.3 is 30.3 Å². The van der Waals surface area contributed by atoms with Crippen LogP contribution >= 0.6 is 0 Å². The molecule has 3 rings (SSSR count). The van der Waals surface area contributed by atoms with E-state index in [1.807, 2.05) is 13.8 Å². The van der Waals surface area contributed by atoms with Crippen LogP contribution in [-0.4, -0.2) is 77.9 Å². The van der Waals surface area contributed by atoms with Gasteiger partial charge in [-0.1, -0.05) is 49.0 Å². The van der Waals surface area contributed by atoms with E-state index in [0.717, 1.165) is 36.4 Å². The quantitative estimate of drug-likeness (QED) is 0.141. The van der Waals surface area contributed by atoms with Gasteiger partial charge in [0.05, 0.1) is 24.3 Å². The molecule has 14 heteroatoms. The molecule has 0 aliphatic carbocycles. The molecule has 0 radical (unpaired) electrons. The van der Waals surface area contributed by atoms with E-state index in [-0.39, 0.29) is 68.8 Å². The molecule has 0 bridgehead atoms. The van der Waals surface area contributed by atoms with E-state index in [0.29, 0.717) is 6.61 Å². The van der Waals surface area contributed by atoms with Crippen molar-refractivity contribution in [1.82, 2.24) is 10.6 Å². The number of ketones is 2. The number of aliphatic hydroxyl groups excluding tert-OH is 2. The second-order valence-electron chi connectivity index (χ2n) is 14.9. The summed E-state index contributed by atoms with van der Waals surface area (Å²) in [7, 11) is 0. The number of hydrogen-bond acceptors (Lipinski definition) is 8. The van der Waals surface area contributed by atoms with Crippen LogP contribution in [0.2, 0.25) is 0 Å². The first-order valence-electron chi connectivity index (χ1n) is 16.6. The fourth-order valence-electron chi connectivity index (χ4n) is 4.92. The van der Waals surface area contributed by atoms with E-state index in [1.165, 1.54) is 13.8 Å². The molecule has 0 aromatic heterocycles. The molecule has 4 atom stereocenters. The maximum atomic E-state index is 13.7. The number of benzene rings is 2. The number of carbonyl (C=O) groups excluding carboxylic acids is 4. The first-order chi connectivity index (χ1) is 23.5. The van der Waals surface area contributed by atoms with E-state index in [2.05, 4.69) is 10.6 Å². The Morgan fingerprint density at radius 2 is 1.29 bits per heavy atom. The van der Waals surface area contributed by atoms with Gasteiger partial charge in [-0.15, -0.1) is 0 Å². The van der Waals surface area contributed by atoms with Gasteiger partial charge in [-0.2, -0.15) is 0 Å². The summed E-state index contributed by atoms with van der Waals surface area (Å²) in [5.41, 5.74) is -2.09. The Labute approximate surface area is 303 Å². The van der Waals surface area contributed by atoms with Crippen molar-refractivity contribution in [2.24, 2.45) is 22.7 Å². The third kappa shape index (κ3) is 13.7. The molecule has 2 amide bonds. The zero-order chi connectivity index (χ0) is 38.9. The average molecular weight is 743 g/mol. The maximum Gasteiger partial charge on any atom is 0.249 e. The summed E-state index contributed by atoms with van der Waals surface area (Å²) >= 11 is 0. The summed E-state index contributed by atoms with van der Waals surface area (Å²) in [6.07, 6.45) is -2.18. The van der Waals surface area contributed by atoms with Gasteiger partial charge in [0.25, 0.3) is 0 Å². The number of nitrogens with one attached hydrogen (secondary N) is 2. The zero-order valence-corrected chi connectivity index (χ0v) is 30.4. The zero-order valence-electron chi connectivity index (χ0n) is 30.4. The van der Waals surface area contributed by atoms with Crippen molar-refractivity contribution in [1.29, 1.82) is 0 Å². The largest absolute Gasteiger partial charge is 0.396 e. The van der Waals surface area contributed by atoms with Gasteiger partial charge in [-0.3, -0.25) is 19.2 Å². The van der Waals surface area contributed by atoms with Crippen LogP contribution in [0.3, 0.4) is 0 Å². The van der Waals surface area contributed by atoms with Crippen LogP contribution in [0.1, 0.15) is 96.4 Å². The summed E-state index contributed by atoms with van der Waals surface area (Å²) < 4.78 is 65.0. The lowest BCUT2D eigenvalue weighted by molar-refractivity contribution is -0.304. The Morgan fingerprint density at radius 1 is 0.846 bits per heavy atom. The summed E-state index contributed by atoms with van der Waals surface area (Å²) in [5.74, 6) is -6.37. The topological polar surface area (TPSA) is 151 Å². The van der Waals surface area contributed by atoms with Crippen molar-refractivity contribution in [3.05, 3.63) is 70.8 Å². The van der Waals surface area contributed by atoms with Crippen molar-refractivity contribution in [2.75, 3.05) is 26.3 Å². The summed E-state index contributed by atoms with van der Waals surface area (Å²) in [6.45, 7) is 14.1. The van der Waals surface area contributed by atoms with Gasteiger partial charge in [-0.05, 0) is 62.1 Å². The van der Waals surface area contributed by atoms with Crippen LogP contribution in [0.25, 0.3) is 0 Å². The summed E-state index contributed by atoms with van der Waals surface area (Å²) in [5, 5.41) is 24.3. The number of aliphatic hydroxyl groups is 2. The van der Waals surface area contributed by atoms with Crippen molar-refractivity contribution >= 4 is 23.4 Å². The molecule has 1 fully saturated rings. The highest BCUT2D eigenvalue weighted by Gasteiger charge is 2.45. The second kappa shape index (κ2) is 19.4. The van der Waals surface area contributed by atoms with Gasteiger partial charge in [0.15, 0.2) is 17.4 Å². The number of Topliss-reactive ketones (excluding diaryl/α,β-unsaturated/α-hetero) is 2. The Hall–Kier alpha value is -3.72. The average Bonchev–Trinajstić information content (AvgIpc) is 3.05. The highest BCUT2D eigenvalue weighted by Crippen LogP contribution is 2.35. The van der Waals surface area contributed by atoms with Crippen LogP contribution in [0.15, 0.2) is 36.4 Å². The van der Waals surface area contributed by atoms with Crippen LogP contribution in [0.5, 0.6) is 0 Å². The summed E-state index contributed by atoms with van der Waals surface area (Å²) in [4.78, 5) is 48.6. The minimum absolute atomic E-state index is 0. The molecule has 1 aliphatic heterocycles. The number of rotatable bonds is 14. The number of hydrogen-bond donors (Lipinski definition) is 4. The summed E-state index contributed by atoms with van der Waals surface area (Å²) in [6, 6.07) is 5.45. The predicted molar refractivity (Wildman–Crippen MR) is 187 cm³/mol. The van der Waals surface area contributed by atoms with Crippen LogP contribution in [0.4, 0.5) is 17.6 Å². The SMILES string of the molecule is C.C[C@@H](CNC(=O)[C@@H]1OC(C)(C)OCC1(C)C)CC(=O)c1cc(F)ccc1F.C[C@@H](CNC(=O)[C@H](O)C(C)(C)CO)CC(=O)c1cc(F)ccc1F. The van der Waals surface area contributed by atoms with Crippen molar-refractivity contribution in [3.63, 3.8) is 0 Å². The van der Waals surface area contributed by atoms with E-state index in [1.54, 1.807) is 27.7 Å². The van der Waals surface area contributed by atoms with Crippen LogP contribution < -0.4 is 10.6 Å². The van der Waals surface area contributed by atoms with E-state index in [4.69, 9.17) is 14.6 Å². The van der Waals surface area contributed by atoms with Gasteiger partial charge in [-0.25, -0.2) is 17.6 Å². The van der Waals surface area contributed by atoms with Crippen molar-refractivity contribution < 1.29 is 56.4 Å². The molecule has 292 valence electrons. The van der Waals surface area contributed by atoms with Crippen molar-refractivity contribution in [2.45, 2.75) is 93.7 Å². The third-order valence-corrected chi connectivity index (χ3v) is 8.31. The Balaban J connectivity index is 0.000000514. The van der Waals surface area contributed by atoms with Gasteiger partial charge >= 0.3 is 0 Å². The normalized spacial score (nSPS) is 18.0. The first kappa shape index (κ1) is 46.3. The molecule has 2 aromatic rings. The fraction of sp³-hybridized carbons (Fsp3) is 0.579. The van der Waals surface area contributed by atoms with Crippen LogP contribution in [-0.2, 0) is 19.1 Å². The number of halogens is 4. The Bertz CT molecular complexity index is 1550.